The van der Waals surface area contributed by atoms with E-state index in [0.717, 1.165) is 5.56 Å². The Morgan fingerprint density at radius 2 is 1.41 bits per heavy atom. The first-order valence-corrected chi connectivity index (χ1v) is 7.08. The topological polar surface area (TPSA) is 58.9 Å². The molecule has 1 aliphatic heterocycles. The van der Waals surface area contributed by atoms with Crippen molar-refractivity contribution in [3.8, 4) is 0 Å². The number of allylic oxidation sites excluding steroid dienone is 1. The molecule has 4 heteroatoms. The van der Waals surface area contributed by atoms with Crippen LogP contribution in [-0.2, 0) is 6.42 Å². The summed E-state index contributed by atoms with van der Waals surface area (Å²) in [5.74, 6) is -0.556. The summed E-state index contributed by atoms with van der Waals surface area (Å²) in [6.45, 7) is 0. The Labute approximate surface area is 127 Å². The second kappa shape index (κ2) is 4.56. The molecule has 0 aromatic heterocycles. The number of ketones is 2. The first-order valence-electron chi connectivity index (χ1n) is 7.08. The molecule has 0 saturated carbocycles. The predicted octanol–water partition coefficient (Wildman–Crippen LogP) is 3.40. The van der Waals surface area contributed by atoms with Gasteiger partial charge in [0.25, 0.3) is 0 Å². The van der Waals surface area contributed by atoms with E-state index < -0.39 is 5.54 Å². The van der Waals surface area contributed by atoms with Gasteiger partial charge in [0, 0.05) is 17.5 Å². The third-order valence-electron chi connectivity index (χ3n) is 4.05. The van der Waals surface area contributed by atoms with Gasteiger partial charge >= 0.3 is 0 Å². The molecule has 2 aliphatic rings. The molecule has 4 nitrogen and oxygen atoms in total. The standard InChI is InChI=1S/C18H12N2O2/c21-16-14-8-4-5-9-15(14)17(22)18(16)11-13(19-20-18)10-12-6-2-1-3-7-12/h1-9,11H,10H2. The van der Waals surface area contributed by atoms with Crippen LogP contribution in [0.5, 0.6) is 0 Å². The molecule has 0 unspecified atom stereocenters. The monoisotopic (exact) mass is 288 g/mol. The number of Topliss-reactive ketones (excluding diaryl/α,β-unsaturated/α-hetero) is 2. The third-order valence-corrected chi connectivity index (χ3v) is 4.05. The Kier molecular flexibility index (Phi) is 2.66. The van der Waals surface area contributed by atoms with Gasteiger partial charge in [-0.1, -0.05) is 54.6 Å². The Bertz CT molecular complexity index is 815. The van der Waals surface area contributed by atoms with Crippen molar-refractivity contribution >= 4 is 11.6 Å². The molecule has 106 valence electrons. The van der Waals surface area contributed by atoms with Crippen LogP contribution in [0.25, 0.3) is 0 Å². The van der Waals surface area contributed by atoms with Crippen LogP contribution in [0.3, 0.4) is 0 Å². The average molecular weight is 288 g/mol. The van der Waals surface area contributed by atoms with Crippen molar-refractivity contribution in [2.45, 2.75) is 12.0 Å². The summed E-state index contributed by atoms with van der Waals surface area (Å²) in [7, 11) is 0. The molecule has 0 atom stereocenters. The summed E-state index contributed by atoms with van der Waals surface area (Å²) in [6, 6.07) is 16.6. The molecule has 4 rings (SSSR count). The van der Waals surface area contributed by atoms with Crippen LogP contribution in [0.1, 0.15) is 26.3 Å². The number of carbonyl (C=O) groups excluding carboxylic acids is 2. The SMILES string of the molecule is O=C1c2ccccc2C(=O)C12C=C(Cc1ccccc1)N=N2. The number of carbonyl (C=O) groups is 2. The number of hydrogen-bond acceptors (Lipinski definition) is 4. The van der Waals surface area contributed by atoms with Gasteiger partial charge in [0.15, 0.2) is 0 Å². The van der Waals surface area contributed by atoms with Crippen molar-refractivity contribution < 1.29 is 9.59 Å². The van der Waals surface area contributed by atoms with Gasteiger partial charge in [-0.05, 0) is 11.6 Å². The lowest BCUT2D eigenvalue weighted by Crippen LogP contribution is -2.35. The number of fused-ring (bicyclic) bond motifs is 1. The normalized spacial score (nSPS) is 17.9. The van der Waals surface area contributed by atoms with E-state index in [1.165, 1.54) is 0 Å². The highest BCUT2D eigenvalue weighted by Gasteiger charge is 2.54. The van der Waals surface area contributed by atoms with Crippen molar-refractivity contribution in [3.05, 3.63) is 83.1 Å². The summed E-state index contributed by atoms with van der Waals surface area (Å²) in [5.41, 5.74) is 1.13. The molecular weight excluding hydrogens is 276 g/mol. The lowest BCUT2D eigenvalue weighted by Gasteiger charge is -2.10. The fourth-order valence-corrected chi connectivity index (χ4v) is 2.95. The maximum Gasteiger partial charge on any atom is 0.227 e. The van der Waals surface area contributed by atoms with E-state index >= 15 is 0 Å². The van der Waals surface area contributed by atoms with Crippen LogP contribution >= 0.6 is 0 Å². The second-order valence-corrected chi connectivity index (χ2v) is 5.47. The Balaban J connectivity index is 1.72. The highest BCUT2D eigenvalue weighted by Crippen LogP contribution is 2.38. The second-order valence-electron chi connectivity index (χ2n) is 5.47. The van der Waals surface area contributed by atoms with E-state index in [9.17, 15) is 9.59 Å². The zero-order valence-corrected chi connectivity index (χ0v) is 11.7. The molecule has 22 heavy (non-hydrogen) atoms. The van der Waals surface area contributed by atoms with Crippen LogP contribution in [0, 0.1) is 0 Å². The average Bonchev–Trinajstić information content (AvgIpc) is 3.07. The number of benzene rings is 2. The molecule has 0 saturated heterocycles. The maximum absolute atomic E-state index is 12.6. The van der Waals surface area contributed by atoms with E-state index in [0.29, 0.717) is 23.2 Å². The van der Waals surface area contributed by atoms with Crippen LogP contribution < -0.4 is 0 Å². The molecular formula is C18H12N2O2. The van der Waals surface area contributed by atoms with Gasteiger partial charge in [-0.2, -0.15) is 10.2 Å². The molecule has 1 heterocycles. The highest BCUT2D eigenvalue weighted by atomic mass is 16.2. The van der Waals surface area contributed by atoms with Gasteiger partial charge in [0.2, 0.25) is 17.1 Å². The van der Waals surface area contributed by atoms with Crippen molar-refractivity contribution in [3.63, 3.8) is 0 Å². The molecule has 1 spiro atoms. The predicted molar refractivity (Wildman–Crippen MR) is 80.9 cm³/mol. The van der Waals surface area contributed by atoms with Crippen molar-refractivity contribution in [2.24, 2.45) is 10.2 Å². The minimum Gasteiger partial charge on any atom is -0.290 e. The van der Waals surface area contributed by atoms with Crippen molar-refractivity contribution in [2.75, 3.05) is 0 Å². The van der Waals surface area contributed by atoms with Gasteiger partial charge in [-0.25, -0.2) is 0 Å². The summed E-state index contributed by atoms with van der Waals surface area (Å²) < 4.78 is 0. The lowest BCUT2D eigenvalue weighted by molar-refractivity contribution is 0.0841. The summed E-state index contributed by atoms with van der Waals surface area (Å²) >= 11 is 0. The van der Waals surface area contributed by atoms with Crippen molar-refractivity contribution in [1.29, 1.82) is 0 Å². The van der Waals surface area contributed by atoms with Gasteiger partial charge in [-0.3, -0.25) is 9.59 Å². The number of azo groups is 1. The molecule has 0 bridgehead atoms. The maximum atomic E-state index is 12.6. The molecule has 0 N–H and O–H groups in total. The fourth-order valence-electron chi connectivity index (χ4n) is 2.95. The zero-order valence-electron chi connectivity index (χ0n) is 11.7. The molecule has 2 aromatic carbocycles. The summed E-state index contributed by atoms with van der Waals surface area (Å²) in [4.78, 5) is 25.2. The molecule has 0 amide bonds. The van der Waals surface area contributed by atoms with Gasteiger partial charge in [0.05, 0.1) is 5.70 Å². The van der Waals surface area contributed by atoms with Crippen LogP contribution in [0.15, 0.2) is 76.6 Å². The van der Waals surface area contributed by atoms with Crippen LogP contribution in [0.2, 0.25) is 0 Å². The first kappa shape index (κ1) is 12.8. The molecule has 1 aliphatic carbocycles. The van der Waals surface area contributed by atoms with Crippen LogP contribution in [-0.4, -0.2) is 17.1 Å². The number of nitrogens with zero attached hydrogens (tertiary/aromatic N) is 2. The summed E-state index contributed by atoms with van der Waals surface area (Å²) in [6.07, 6.45) is 2.17. The lowest BCUT2D eigenvalue weighted by atomic mass is 9.93. The molecule has 0 fully saturated rings. The summed E-state index contributed by atoms with van der Waals surface area (Å²) in [5, 5.41) is 8.15. The van der Waals surface area contributed by atoms with E-state index in [2.05, 4.69) is 10.2 Å². The van der Waals surface area contributed by atoms with Crippen LogP contribution in [0.4, 0.5) is 0 Å². The van der Waals surface area contributed by atoms with E-state index in [4.69, 9.17) is 0 Å². The highest BCUT2D eigenvalue weighted by molar-refractivity contribution is 6.34. The minimum atomic E-state index is -1.46. The van der Waals surface area contributed by atoms with Gasteiger partial charge < -0.3 is 0 Å². The zero-order chi connectivity index (χ0) is 15.2. The van der Waals surface area contributed by atoms with Gasteiger partial charge in [0.1, 0.15) is 0 Å². The smallest absolute Gasteiger partial charge is 0.227 e. The van der Waals surface area contributed by atoms with E-state index in [-0.39, 0.29) is 11.6 Å². The Morgan fingerprint density at radius 3 is 2.05 bits per heavy atom. The van der Waals surface area contributed by atoms with Gasteiger partial charge in [-0.15, -0.1) is 0 Å². The fraction of sp³-hybridized carbons (Fsp3) is 0.111. The quantitative estimate of drug-likeness (QED) is 0.795. The third kappa shape index (κ3) is 1.70. The minimum absolute atomic E-state index is 0.278. The molecule has 2 aromatic rings. The number of rotatable bonds is 2. The Hall–Kier alpha value is -2.88. The van der Waals surface area contributed by atoms with Crippen molar-refractivity contribution in [1.82, 2.24) is 0 Å². The molecule has 0 radical (unpaired) electrons. The van der Waals surface area contributed by atoms with E-state index in [1.54, 1.807) is 30.3 Å². The first-order chi connectivity index (χ1) is 10.7. The number of hydrogen-bond donors (Lipinski definition) is 0. The largest absolute Gasteiger partial charge is 0.290 e. The Morgan fingerprint density at radius 1 is 0.818 bits per heavy atom. The van der Waals surface area contributed by atoms with E-state index in [1.807, 2.05) is 30.3 Å².